The van der Waals surface area contributed by atoms with Gasteiger partial charge in [0.1, 0.15) is 0 Å². The van der Waals surface area contributed by atoms with E-state index in [1.54, 1.807) is 28.9 Å². The predicted molar refractivity (Wildman–Crippen MR) is 129 cm³/mol. The van der Waals surface area contributed by atoms with Crippen LogP contribution in [0.4, 0.5) is 0 Å². The number of fused-ring (bicyclic) bond motifs is 3. The zero-order valence-corrected chi connectivity index (χ0v) is 20.1. The fourth-order valence-corrected chi connectivity index (χ4v) is 7.06. The molecular weight excluding hydrogens is 432 g/mol. The molecule has 0 radical (unpaired) electrons. The summed E-state index contributed by atoms with van der Waals surface area (Å²) in [5.41, 5.74) is 10.8. The molecule has 3 aliphatic carbocycles. The number of aryl methyl sites for hydroxylation is 1. The fourth-order valence-electron chi connectivity index (χ4n) is 6.47. The standard InChI is InChI=1S/C26H32N4O2S/c1-32-20-8-10-25(11-9-20)13-19-7-6-18(5-4-17-2-3-17)12-22(19)26(25)23(31)30(24(27)29-26)15-21-14-28-16-33-21/h6-7,12,14,16-17,20H,2-5,8-11,13,15H2,1H3,(H2,27,29). The molecule has 1 aliphatic heterocycles. The fraction of sp³-hybridized carbons (Fsp3) is 0.577. The first-order chi connectivity index (χ1) is 16.0. The van der Waals surface area contributed by atoms with Gasteiger partial charge in [-0.25, -0.2) is 4.99 Å². The van der Waals surface area contributed by atoms with E-state index < -0.39 is 5.54 Å². The van der Waals surface area contributed by atoms with Crippen LogP contribution in [0.2, 0.25) is 0 Å². The van der Waals surface area contributed by atoms with Crippen molar-refractivity contribution < 1.29 is 9.53 Å². The average Bonchev–Trinajstić information content (AvgIpc) is 3.36. The highest BCUT2D eigenvalue weighted by molar-refractivity contribution is 7.09. The van der Waals surface area contributed by atoms with Crippen molar-refractivity contribution in [1.82, 2.24) is 9.88 Å². The van der Waals surface area contributed by atoms with Gasteiger partial charge >= 0.3 is 0 Å². The molecule has 1 atom stereocenters. The van der Waals surface area contributed by atoms with Gasteiger partial charge in [0.2, 0.25) is 0 Å². The number of hydrogen-bond donors (Lipinski definition) is 1. The Balaban J connectivity index is 1.41. The molecular formula is C26H32N4O2S. The lowest BCUT2D eigenvalue weighted by molar-refractivity contribution is -0.138. The lowest BCUT2D eigenvalue weighted by atomic mass is 9.61. The zero-order valence-electron chi connectivity index (χ0n) is 19.3. The SMILES string of the molecule is COC1CCC2(CC1)Cc1ccc(CCC3CC3)cc1C21N=C(N)N(Cc2cncs2)C1=O. The molecule has 2 N–H and O–H groups in total. The second-order valence-electron chi connectivity index (χ2n) is 10.4. The van der Waals surface area contributed by atoms with Crippen LogP contribution in [0.1, 0.15) is 66.5 Å². The maximum atomic E-state index is 14.3. The van der Waals surface area contributed by atoms with Gasteiger partial charge in [0.25, 0.3) is 5.91 Å². The van der Waals surface area contributed by atoms with E-state index in [0.29, 0.717) is 12.5 Å². The van der Waals surface area contributed by atoms with E-state index in [0.717, 1.165) is 54.9 Å². The monoisotopic (exact) mass is 464 g/mol. The molecule has 4 aliphatic rings. The summed E-state index contributed by atoms with van der Waals surface area (Å²) in [5, 5.41) is 0. The number of thiazole rings is 1. The Morgan fingerprint density at radius 2 is 2.06 bits per heavy atom. The van der Waals surface area contributed by atoms with Gasteiger partial charge in [-0.2, -0.15) is 0 Å². The van der Waals surface area contributed by atoms with Crippen LogP contribution >= 0.6 is 11.3 Å². The van der Waals surface area contributed by atoms with Crippen molar-refractivity contribution in [1.29, 1.82) is 0 Å². The first-order valence-corrected chi connectivity index (χ1v) is 13.1. The number of nitrogens with zero attached hydrogens (tertiary/aromatic N) is 3. The number of carbonyl (C=O) groups excluding carboxylic acids is 1. The van der Waals surface area contributed by atoms with Gasteiger partial charge in [0, 0.05) is 23.6 Å². The molecule has 2 spiro atoms. The van der Waals surface area contributed by atoms with Gasteiger partial charge in [-0.1, -0.05) is 31.0 Å². The molecule has 7 heteroatoms. The number of nitrogens with two attached hydrogens (primary N) is 1. The molecule has 1 aromatic heterocycles. The number of ether oxygens (including phenoxy) is 1. The van der Waals surface area contributed by atoms with Crippen molar-refractivity contribution in [3.8, 4) is 0 Å². The van der Waals surface area contributed by atoms with Crippen molar-refractivity contribution in [3.05, 3.63) is 51.5 Å². The Morgan fingerprint density at radius 3 is 2.76 bits per heavy atom. The lowest BCUT2D eigenvalue weighted by Gasteiger charge is -2.45. The average molecular weight is 465 g/mol. The van der Waals surface area contributed by atoms with Crippen LogP contribution in [0.5, 0.6) is 0 Å². The highest BCUT2D eigenvalue weighted by Crippen LogP contribution is 2.62. The summed E-state index contributed by atoms with van der Waals surface area (Å²) in [5.74, 6) is 1.28. The summed E-state index contributed by atoms with van der Waals surface area (Å²) >= 11 is 1.55. The highest BCUT2D eigenvalue weighted by Gasteiger charge is 2.66. The molecule has 2 aromatic rings. The Morgan fingerprint density at radius 1 is 1.24 bits per heavy atom. The van der Waals surface area contributed by atoms with E-state index in [1.165, 1.54) is 30.4 Å². The van der Waals surface area contributed by atoms with Crippen molar-refractivity contribution in [2.45, 2.75) is 76.0 Å². The number of aromatic nitrogens is 1. The van der Waals surface area contributed by atoms with Crippen molar-refractivity contribution in [2.75, 3.05) is 7.11 Å². The highest BCUT2D eigenvalue weighted by atomic mass is 32.1. The summed E-state index contributed by atoms with van der Waals surface area (Å²) in [6.45, 7) is 0.439. The molecule has 174 valence electrons. The van der Waals surface area contributed by atoms with Gasteiger partial charge < -0.3 is 10.5 Å². The van der Waals surface area contributed by atoms with Crippen molar-refractivity contribution in [2.24, 2.45) is 22.1 Å². The summed E-state index contributed by atoms with van der Waals surface area (Å²) in [6.07, 6.45) is 11.8. The molecule has 0 bridgehead atoms. The predicted octanol–water partition coefficient (Wildman–Crippen LogP) is 4.17. The largest absolute Gasteiger partial charge is 0.381 e. The minimum atomic E-state index is -0.911. The molecule has 33 heavy (non-hydrogen) atoms. The first kappa shape index (κ1) is 21.3. The quantitative estimate of drug-likeness (QED) is 0.696. The van der Waals surface area contributed by atoms with Crippen LogP contribution in [0.25, 0.3) is 0 Å². The first-order valence-electron chi connectivity index (χ1n) is 12.2. The number of hydrogen-bond acceptors (Lipinski definition) is 6. The molecule has 1 aromatic carbocycles. The molecule has 1 unspecified atom stereocenters. The summed E-state index contributed by atoms with van der Waals surface area (Å²) < 4.78 is 5.68. The molecule has 6 rings (SSSR count). The lowest BCUT2D eigenvalue weighted by Crippen LogP contribution is -2.52. The molecule has 2 heterocycles. The number of methoxy groups -OCH3 is 1. The number of aliphatic imine (C=N–C) groups is 1. The molecule has 0 saturated heterocycles. The van der Waals surface area contributed by atoms with Crippen LogP contribution in [0, 0.1) is 11.3 Å². The summed E-state index contributed by atoms with van der Waals surface area (Å²) in [4.78, 5) is 26.3. The van der Waals surface area contributed by atoms with Gasteiger partial charge in [-0.3, -0.25) is 14.7 Å². The van der Waals surface area contributed by atoms with Gasteiger partial charge in [-0.15, -0.1) is 11.3 Å². The third kappa shape index (κ3) is 3.35. The van der Waals surface area contributed by atoms with Crippen molar-refractivity contribution >= 4 is 23.2 Å². The van der Waals surface area contributed by atoms with Gasteiger partial charge in [0.15, 0.2) is 11.5 Å². The minimum absolute atomic E-state index is 0.0439. The Hall–Kier alpha value is -2.25. The van der Waals surface area contributed by atoms with Crippen LogP contribution < -0.4 is 5.73 Å². The zero-order chi connectivity index (χ0) is 22.6. The molecule has 6 nitrogen and oxygen atoms in total. The smallest absolute Gasteiger partial charge is 0.262 e. The summed E-state index contributed by atoms with van der Waals surface area (Å²) in [6, 6.07) is 6.83. The second kappa shape index (κ2) is 7.91. The van der Waals surface area contributed by atoms with Gasteiger partial charge in [0.05, 0.1) is 18.2 Å². The third-order valence-corrected chi connectivity index (χ3v) is 9.30. The molecule has 2 fully saturated rings. The minimum Gasteiger partial charge on any atom is -0.381 e. The van der Waals surface area contributed by atoms with Crippen LogP contribution in [-0.2, 0) is 34.5 Å². The Labute approximate surface area is 199 Å². The molecule has 2 saturated carbocycles. The van der Waals surface area contributed by atoms with Crippen LogP contribution in [0.3, 0.4) is 0 Å². The van der Waals surface area contributed by atoms with E-state index in [2.05, 4.69) is 23.2 Å². The summed E-state index contributed by atoms with van der Waals surface area (Å²) in [7, 11) is 1.79. The maximum Gasteiger partial charge on any atom is 0.262 e. The Kier molecular flexibility index (Phi) is 5.11. The van der Waals surface area contributed by atoms with E-state index in [-0.39, 0.29) is 17.4 Å². The number of amides is 1. The second-order valence-corrected chi connectivity index (χ2v) is 11.4. The van der Waals surface area contributed by atoms with Crippen molar-refractivity contribution in [3.63, 3.8) is 0 Å². The number of guanidine groups is 1. The van der Waals surface area contributed by atoms with E-state index in [1.807, 2.05) is 6.20 Å². The van der Waals surface area contributed by atoms with E-state index in [9.17, 15) is 4.79 Å². The van der Waals surface area contributed by atoms with E-state index in [4.69, 9.17) is 15.5 Å². The van der Waals surface area contributed by atoms with Crippen LogP contribution in [-0.4, -0.2) is 35.0 Å². The molecule has 1 amide bonds. The Bertz CT molecular complexity index is 1090. The third-order valence-electron chi connectivity index (χ3n) is 8.53. The maximum absolute atomic E-state index is 14.3. The topological polar surface area (TPSA) is 80.8 Å². The van der Waals surface area contributed by atoms with Gasteiger partial charge in [-0.05, 0) is 67.6 Å². The number of benzene rings is 1. The van der Waals surface area contributed by atoms with E-state index >= 15 is 0 Å². The normalized spacial score (nSPS) is 30.9. The number of rotatable bonds is 6. The van der Waals surface area contributed by atoms with Crippen LogP contribution in [0.15, 0.2) is 34.9 Å². The number of carbonyl (C=O) groups is 1.